The molecule has 5 rings (SSSR count). The average Bonchev–Trinajstić information content (AvgIpc) is 2.92. The molecule has 0 aliphatic heterocycles. The lowest BCUT2D eigenvalue weighted by Gasteiger charge is -2.56. The summed E-state index contributed by atoms with van der Waals surface area (Å²) in [6, 6.07) is 4.40. The van der Waals surface area contributed by atoms with Crippen LogP contribution in [0.25, 0.3) is 0 Å². The molecule has 4 aliphatic carbocycles. The van der Waals surface area contributed by atoms with Gasteiger partial charge in [0.25, 0.3) is 0 Å². The maximum absolute atomic E-state index is 12.8. The van der Waals surface area contributed by atoms with E-state index in [1.54, 1.807) is 0 Å². The van der Waals surface area contributed by atoms with Crippen LogP contribution in [0, 0.1) is 23.2 Å². The van der Waals surface area contributed by atoms with Gasteiger partial charge < -0.3 is 4.90 Å². The summed E-state index contributed by atoms with van der Waals surface area (Å²) in [7, 11) is 1.99. The molecule has 4 saturated carbocycles. The van der Waals surface area contributed by atoms with Gasteiger partial charge in [0, 0.05) is 23.2 Å². The first-order valence-electron chi connectivity index (χ1n) is 9.37. The first kappa shape index (κ1) is 15.7. The molecular formula is C20H29NOS. The number of amides is 1. The number of thiophene rings is 1. The molecule has 4 fully saturated rings. The Morgan fingerprint density at radius 3 is 2.22 bits per heavy atom. The monoisotopic (exact) mass is 331 g/mol. The fourth-order valence-electron chi connectivity index (χ4n) is 5.98. The Kier molecular flexibility index (Phi) is 4.03. The predicted octanol–water partition coefficient (Wildman–Crippen LogP) is 4.88. The van der Waals surface area contributed by atoms with E-state index >= 15 is 0 Å². The number of nitrogens with zero attached hydrogens (tertiary/aromatic N) is 1. The molecule has 1 amide bonds. The molecule has 0 N–H and O–H groups in total. The Hall–Kier alpha value is -0.830. The molecule has 0 spiro atoms. The van der Waals surface area contributed by atoms with Crippen LogP contribution in [-0.2, 0) is 17.8 Å². The van der Waals surface area contributed by atoms with Crippen LogP contribution in [0.15, 0.2) is 12.1 Å². The number of carbonyl (C=O) groups excluding carboxylic acids is 1. The zero-order valence-electron chi connectivity index (χ0n) is 14.5. The van der Waals surface area contributed by atoms with Crippen LogP contribution in [0.4, 0.5) is 0 Å². The van der Waals surface area contributed by atoms with E-state index in [4.69, 9.17) is 0 Å². The number of aryl methyl sites for hydroxylation is 1. The van der Waals surface area contributed by atoms with Crippen molar-refractivity contribution in [1.82, 2.24) is 4.90 Å². The molecular weight excluding hydrogens is 302 g/mol. The fourth-order valence-corrected chi connectivity index (χ4v) is 6.99. The normalized spacial score (nSPS) is 34.8. The third-order valence-electron chi connectivity index (χ3n) is 6.58. The lowest BCUT2D eigenvalue weighted by atomic mass is 9.49. The highest BCUT2D eigenvalue weighted by atomic mass is 32.1. The van der Waals surface area contributed by atoms with Gasteiger partial charge in [0.1, 0.15) is 0 Å². The Bertz CT molecular complexity index is 555. The molecule has 0 radical (unpaired) electrons. The second kappa shape index (κ2) is 5.91. The van der Waals surface area contributed by atoms with Gasteiger partial charge >= 0.3 is 0 Å². The van der Waals surface area contributed by atoms with Gasteiger partial charge in [-0.05, 0) is 80.2 Å². The summed E-state index contributed by atoms with van der Waals surface area (Å²) in [4.78, 5) is 17.6. The molecule has 126 valence electrons. The predicted molar refractivity (Wildman–Crippen MR) is 95.4 cm³/mol. The number of hydrogen-bond donors (Lipinski definition) is 0. The van der Waals surface area contributed by atoms with Gasteiger partial charge in [0.05, 0.1) is 6.54 Å². The molecule has 1 aromatic heterocycles. The van der Waals surface area contributed by atoms with Crippen LogP contribution in [0.2, 0.25) is 0 Å². The van der Waals surface area contributed by atoms with Crippen LogP contribution >= 0.6 is 11.3 Å². The highest BCUT2D eigenvalue weighted by Crippen LogP contribution is 2.61. The first-order valence-corrected chi connectivity index (χ1v) is 10.2. The Morgan fingerprint density at radius 1 is 1.13 bits per heavy atom. The van der Waals surface area contributed by atoms with Gasteiger partial charge in [0.2, 0.25) is 5.91 Å². The van der Waals surface area contributed by atoms with E-state index in [1.165, 1.54) is 48.3 Å². The zero-order valence-corrected chi connectivity index (χ0v) is 15.3. The van der Waals surface area contributed by atoms with Crippen LogP contribution in [0.1, 0.15) is 61.6 Å². The summed E-state index contributed by atoms with van der Waals surface area (Å²) < 4.78 is 0. The van der Waals surface area contributed by atoms with Gasteiger partial charge in [-0.25, -0.2) is 0 Å². The first-order chi connectivity index (χ1) is 11.0. The maximum Gasteiger partial charge on any atom is 0.223 e. The largest absolute Gasteiger partial charge is 0.341 e. The Balaban J connectivity index is 1.39. The molecule has 1 heterocycles. The van der Waals surface area contributed by atoms with E-state index in [0.717, 1.165) is 37.1 Å². The van der Waals surface area contributed by atoms with Gasteiger partial charge in [-0.1, -0.05) is 6.92 Å². The Labute approximate surface area is 144 Å². The highest BCUT2D eigenvalue weighted by molar-refractivity contribution is 7.11. The minimum atomic E-state index is 0.365. The Morgan fingerprint density at radius 2 is 1.70 bits per heavy atom. The van der Waals surface area contributed by atoms with E-state index in [9.17, 15) is 4.79 Å². The number of hydrogen-bond acceptors (Lipinski definition) is 2. The minimum absolute atomic E-state index is 0.365. The minimum Gasteiger partial charge on any atom is -0.341 e. The SMILES string of the molecule is CCc1ccc(CN(C)C(=O)CC23CC4CC(CC(C4)C2)C3)s1. The molecule has 0 saturated heterocycles. The summed E-state index contributed by atoms with van der Waals surface area (Å²) in [6.45, 7) is 2.98. The van der Waals surface area contributed by atoms with Crippen molar-refractivity contribution in [3.05, 3.63) is 21.9 Å². The third-order valence-corrected chi connectivity index (χ3v) is 7.79. The molecule has 0 atom stereocenters. The topological polar surface area (TPSA) is 20.3 Å². The van der Waals surface area contributed by atoms with Crippen molar-refractivity contribution in [1.29, 1.82) is 0 Å². The highest BCUT2D eigenvalue weighted by Gasteiger charge is 2.51. The van der Waals surface area contributed by atoms with Crippen LogP contribution in [-0.4, -0.2) is 17.9 Å². The van der Waals surface area contributed by atoms with Crippen LogP contribution in [0.5, 0.6) is 0 Å². The lowest BCUT2D eigenvalue weighted by Crippen LogP contribution is -2.48. The number of carbonyl (C=O) groups is 1. The molecule has 0 aromatic carbocycles. The van der Waals surface area contributed by atoms with E-state index in [2.05, 4.69) is 19.1 Å². The summed E-state index contributed by atoms with van der Waals surface area (Å²) in [6.07, 6.45) is 10.3. The van der Waals surface area contributed by atoms with Crippen molar-refractivity contribution >= 4 is 17.2 Å². The second-order valence-electron chi connectivity index (χ2n) is 8.57. The molecule has 4 bridgehead atoms. The summed E-state index contributed by atoms with van der Waals surface area (Å²) in [5.74, 6) is 3.18. The standard InChI is InChI=1S/C20H29NOS/c1-3-17-4-5-18(23-17)13-21(2)19(22)12-20-9-14-6-15(10-20)8-16(7-14)11-20/h4-5,14-16H,3,6-13H2,1-2H3. The zero-order chi connectivity index (χ0) is 16.0. The van der Waals surface area contributed by atoms with E-state index < -0.39 is 0 Å². The second-order valence-corrected chi connectivity index (χ2v) is 9.82. The van der Waals surface area contributed by atoms with E-state index in [1.807, 2.05) is 23.3 Å². The van der Waals surface area contributed by atoms with Gasteiger partial charge in [-0.3, -0.25) is 4.79 Å². The van der Waals surface area contributed by atoms with Crippen LogP contribution < -0.4 is 0 Å². The van der Waals surface area contributed by atoms with Gasteiger partial charge in [0.15, 0.2) is 0 Å². The summed E-state index contributed by atoms with van der Waals surface area (Å²) >= 11 is 1.85. The van der Waals surface area contributed by atoms with Crippen molar-refractivity contribution < 1.29 is 4.79 Å². The summed E-state index contributed by atoms with van der Waals surface area (Å²) in [5, 5.41) is 0. The number of rotatable bonds is 5. The maximum atomic E-state index is 12.8. The van der Waals surface area contributed by atoms with Crippen molar-refractivity contribution in [2.75, 3.05) is 7.05 Å². The average molecular weight is 332 g/mol. The molecule has 2 nitrogen and oxygen atoms in total. The van der Waals surface area contributed by atoms with Crippen LogP contribution in [0.3, 0.4) is 0 Å². The van der Waals surface area contributed by atoms with E-state index in [-0.39, 0.29) is 0 Å². The fraction of sp³-hybridized carbons (Fsp3) is 0.750. The lowest BCUT2D eigenvalue weighted by molar-refractivity contribution is -0.138. The van der Waals surface area contributed by atoms with Crippen molar-refractivity contribution in [2.45, 2.75) is 64.8 Å². The third kappa shape index (κ3) is 3.09. The molecule has 4 aliphatic rings. The summed E-state index contributed by atoms with van der Waals surface area (Å²) in [5.41, 5.74) is 0.365. The molecule has 23 heavy (non-hydrogen) atoms. The quantitative estimate of drug-likeness (QED) is 0.753. The molecule has 3 heteroatoms. The van der Waals surface area contributed by atoms with Gasteiger partial charge in [-0.15, -0.1) is 11.3 Å². The van der Waals surface area contributed by atoms with Gasteiger partial charge in [-0.2, -0.15) is 0 Å². The molecule has 0 unspecified atom stereocenters. The smallest absolute Gasteiger partial charge is 0.223 e. The van der Waals surface area contributed by atoms with E-state index in [0.29, 0.717) is 11.3 Å². The van der Waals surface area contributed by atoms with Crippen molar-refractivity contribution in [3.63, 3.8) is 0 Å². The molecule has 1 aromatic rings. The van der Waals surface area contributed by atoms with Crippen molar-refractivity contribution in [3.8, 4) is 0 Å². The van der Waals surface area contributed by atoms with Crippen molar-refractivity contribution in [2.24, 2.45) is 23.2 Å².